The Bertz CT molecular complexity index is 552. The minimum absolute atomic E-state index is 0.290. The zero-order valence-corrected chi connectivity index (χ0v) is 9.79. The van der Waals surface area contributed by atoms with Crippen LogP contribution in [0, 0.1) is 11.3 Å². The van der Waals surface area contributed by atoms with E-state index in [1.165, 1.54) is 0 Å². The number of para-hydroxylation sites is 1. The number of benzene rings is 1. The highest BCUT2D eigenvalue weighted by Crippen LogP contribution is 2.24. The maximum Gasteiger partial charge on any atom is 0.165 e. The number of aromatic nitrogens is 2. The molecule has 1 heterocycles. The number of nitrogens with zero attached hydrogens (tertiary/aromatic N) is 3. The lowest BCUT2D eigenvalue weighted by Crippen LogP contribution is -1.99. The van der Waals surface area contributed by atoms with Crippen molar-refractivity contribution in [2.24, 2.45) is 0 Å². The summed E-state index contributed by atoms with van der Waals surface area (Å²) in [4.78, 5) is 0. The van der Waals surface area contributed by atoms with Crippen molar-refractivity contribution in [3.05, 3.63) is 42.2 Å². The van der Waals surface area contributed by atoms with Gasteiger partial charge in [0, 0.05) is 6.04 Å². The van der Waals surface area contributed by atoms with E-state index in [1.807, 2.05) is 36.9 Å². The summed E-state index contributed by atoms with van der Waals surface area (Å²) in [5.74, 6) is 1.19. The number of rotatable bonds is 3. The SMILES string of the molecule is CC(C)n1cc(Oc2ccccc2C#N)cn1. The standard InChI is InChI=1S/C13H13N3O/c1-10(2)16-9-12(8-15-16)17-13-6-4-3-5-11(13)7-14/h3-6,8-10H,1-2H3. The van der Waals surface area contributed by atoms with Crippen molar-refractivity contribution in [3.8, 4) is 17.6 Å². The molecule has 0 unspecified atom stereocenters. The van der Waals surface area contributed by atoms with Gasteiger partial charge in [-0.3, -0.25) is 4.68 Å². The van der Waals surface area contributed by atoms with Crippen LogP contribution < -0.4 is 4.74 Å². The Morgan fingerprint density at radius 1 is 1.35 bits per heavy atom. The Kier molecular flexibility index (Phi) is 3.10. The Hall–Kier alpha value is -2.28. The Labute approximate surface area is 100 Å². The Morgan fingerprint density at radius 3 is 2.76 bits per heavy atom. The van der Waals surface area contributed by atoms with Crippen LogP contribution in [0.15, 0.2) is 36.7 Å². The summed E-state index contributed by atoms with van der Waals surface area (Å²) in [6.45, 7) is 4.08. The number of nitriles is 1. The van der Waals surface area contributed by atoms with E-state index in [9.17, 15) is 0 Å². The molecule has 2 rings (SSSR count). The molecule has 0 fully saturated rings. The smallest absolute Gasteiger partial charge is 0.165 e. The quantitative estimate of drug-likeness (QED) is 0.809. The van der Waals surface area contributed by atoms with E-state index in [0.29, 0.717) is 23.1 Å². The molecule has 0 aliphatic carbocycles. The average molecular weight is 227 g/mol. The topological polar surface area (TPSA) is 50.8 Å². The highest BCUT2D eigenvalue weighted by atomic mass is 16.5. The highest BCUT2D eigenvalue weighted by molar-refractivity contribution is 5.44. The predicted molar refractivity (Wildman–Crippen MR) is 63.8 cm³/mol. The van der Waals surface area contributed by atoms with E-state index >= 15 is 0 Å². The monoisotopic (exact) mass is 227 g/mol. The van der Waals surface area contributed by atoms with Gasteiger partial charge in [-0.25, -0.2) is 0 Å². The van der Waals surface area contributed by atoms with Crippen molar-refractivity contribution in [3.63, 3.8) is 0 Å². The summed E-state index contributed by atoms with van der Waals surface area (Å²) in [6.07, 6.45) is 3.47. The van der Waals surface area contributed by atoms with E-state index in [4.69, 9.17) is 10.00 Å². The fourth-order valence-corrected chi connectivity index (χ4v) is 1.43. The zero-order chi connectivity index (χ0) is 12.3. The summed E-state index contributed by atoms with van der Waals surface area (Å²) in [7, 11) is 0. The molecule has 2 aromatic rings. The molecule has 0 aliphatic rings. The van der Waals surface area contributed by atoms with Gasteiger partial charge in [0.2, 0.25) is 0 Å². The van der Waals surface area contributed by atoms with Crippen molar-refractivity contribution in [2.45, 2.75) is 19.9 Å². The summed E-state index contributed by atoms with van der Waals surface area (Å²) < 4.78 is 7.44. The summed E-state index contributed by atoms with van der Waals surface area (Å²) >= 11 is 0. The molecule has 1 aromatic carbocycles. The lowest BCUT2D eigenvalue weighted by Gasteiger charge is -2.05. The van der Waals surface area contributed by atoms with Crippen molar-refractivity contribution >= 4 is 0 Å². The Morgan fingerprint density at radius 2 is 2.12 bits per heavy atom. The van der Waals surface area contributed by atoms with E-state index in [2.05, 4.69) is 11.2 Å². The van der Waals surface area contributed by atoms with Gasteiger partial charge in [0.1, 0.15) is 11.8 Å². The normalized spacial score (nSPS) is 10.2. The number of hydrogen-bond acceptors (Lipinski definition) is 3. The number of ether oxygens (including phenoxy) is 1. The van der Waals surface area contributed by atoms with Crippen molar-refractivity contribution in [2.75, 3.05) is 0 Å². The first kappa shape index (κ1) is 11.2. The molecular formula is C13H13N3O. The van der Waals surface area contributed by atoms with Crippen LogP contribution in [0.2, 0.25) is 0 Å². The van der Waals surface area contributed by atoms with Crippen LogP contribution in [0.4, 0.5) is 0 Å². The van der Waals surface area contributed by atoms with Gasteiger partial charge >= 0.3 is 0 Å². The minimum atomic E-state index is 0.290. The molecule has 0 spiro atoms. The van der Waals surface area contributed by atoms with Gasteiger partial charge in [0.05, 0.1) is 18.0 Å². The molecule has 4 heteroatoms. The highest BCUT2D eigenvalue weighted by Gasteiger charge is 2.06. The van der Waals surface area contributed by atoms with Gasteiger partial charge in [-0.2, -0.15) is 10.4 Å². The van der Waals surface area contributed by atoms with Gasteiger partial charge in [-0.15, -0.1) is 0 Å². The maximum atomic E-state index is 8.94. The third-order valence-corrected chi connectivity index (χ3v) is 2.34. The molecule has 0 aliphatic heterocycles. The molecule has 17 heavy (non-hydrogen) atoms. The van der Waals surface area contributed by atoms with Gasteiger partial charge in [-0.05, 0) is 26.0 Å². The van der Waals surface area contributed by atoms with E-state index < -0.39 is 0 Å². The molecule has 1 aromatic heterocycles. The Balaban J connectivity index is 2.23. The fraction of sp³-hybridized carbons (Fsp3) is 0.231. The second kappa shape index (κ2) is 4.71. The lowest BCUT2D eigenvalue weighted by atomic mass is 10.2. The molecule has 0 atom stereocenters. The summed E-state index contributed by atoms with van der Waals surface area (Å²) in [5, 5.41) is 13.1. The van der Waals surface area contributed by atoms with E-state index in [-0.39, 0.29) is 0 Å². The molecule has 86 valence electrons. The summed E-state index contributed by atoms with van der Waals surface area (Å²) in [6, 6.07) is 9.52. The van der Waals surface area contributed by atoms with Gasteiger partial charge in [-0.1, -0.05) is 12.1 Å². The summed E-state index contributed by atoms with van der Waals surface area (Å²) in [5.41, 5.74) is 0.518. The fourth-order valence-electron chi connectivity index (χ4n) is 1.43. The van der Waals surface area contributed by atoms with Gasteiger partial charge < -0.3 is 4.74 Å². The third-order valence-electron chi connectivity index (χ3n) is 2.34. The minimum Gasteiger partial charge on any atom is -0.453 e. The van der Waals surface area contributed by atoms with E-state index in [1.54, 1.807) is 18.3 Å². The molecule has 0 N–H and O–H groups in total. The van der Waals surface area contributed by atoms with Crippen LogP contribution in [0.1, 0.15) is 25.5 Å². The first-order chi connectivity index (χ1) is 8.20. The maximum absolute atomic E-state index is 8.94. The number of hydrogen-bond donors (Lipinski definition) is 0. The van der Waals surface area contributed by atoms with Crippen LogP contribution in [0.3, 0.4) is 0 Å². The van der Waals surface area contributed by atoms with Crippen molar-refractivity contribution in [1.29, 1.82) is 5.26 Å². The van der Waals surface area contributed by atoms with Crippen LogP contribution in [-0.2, 0) is 0 Å². The van der Waals surface area contributed by atoms with Crippen molar-refractivity contribution in [1.82, 2.24) is 9.78 Å². The van der Waals surface area contributed by atoms with Crippen LogP contribution in [0.5, 0.6) is 11.5 Å². The van der Waals surface area contributed by atoms with Crippen molar-refractivity contribution < 1.29 is 4.74 Å². The molecule has 0 saturated heterocycles. The first-order valence-electron chi connectivity index (χ1n) is 5.42. The van der Waals surface area contributed by atoms with Crippen LogP contribution >= 0.6 is 0 Å². The van der Waals surface area contributed by atoms with Gasteiger partial charge in [0.25, 0.3) is 0 Å². The first-order valence-corrected chi connectivity index (χ1v) is 5.42. The third kappa shape index (κ3) is 2.45. The molecule has 0 bridgehead atoms. The molecule has 0 saturated carbocycles. The molecule has 0 radical (unpaired) electrons. The average Bonchev–Trinajstić information content (AvgIpc) is 2.78. The molecule has 4 nitrogen and oxygen atoms in total. The molecule has 0 amide bonds. The zero-order valence-electron chi connectivity index (χ0n) is 9.79. The largest absolute Gasteiger partial charge is 0.453 e. The van der Waals surface area contributed by atoms with E-state index in [0.717, 1.165) is 0 Å². The molecular weight excluding hydrogens is 214 g/mol. The van der Waals surface area contributed by atoms with Crippen LogP contribution in [0.25, 0.3) is 0 Å². The van der Waals surface area contributed by atoms with Gasteiger partial charge in [0.15, 0.2) is 5.75 Å². The predicted octanol–water partition coefficient (Wildman–Crippen LogP) is 3.13. The second-order valence-electron chi connectivity index (χ2n) is 3.96. The second-order valence-corrected chi connectivity index (χ2v) is 3.96. The lowest BCUT2D eigenvalue weighted by molar-refractivity contribution is 0.475. The van der Waals surface area contributed by atoms with Crippen LogP contribution in [-0.4, -0.2) is 9.78 Å².